The van der Waals surface area contributed by atoms with Crippen LogP contribution in [-0.4, -0.2) is 34.7 Å². The molecule has 6 nitrogen and oxygen atoms in total. The summed E-state index contributed by atoms with van der Waals surface area (Å²) in [5.74, 6) is -0.0350. The summed E-state index contributed by atoms with van der Waals surface area (Å²) < 4.78 is 32.1. The molecule has 100 valence electrons. The van der Waals surface area contributed by atoms with E-state index in [1.165, 1.54) is 14.2 Å². The fourth-order valence-electron chi connectivity index (χ4n) is 1.36. The Kier molecular flexibility index (Phi) is 4.69. The second-order valence-electron chi connectivity index (χ2n) is 3.57. The molecule has 1 N–H and O–H groups in total. The third-order valence-electron chi connectivity index (χ3n) is 2.15. The van der Waals surface area contributed by atoms with E-state index in [0.717, 1.165) is 6.26 Å². The topological polar surface area (TPSA) is 81.7 Å². The molecule has 0 heterocycles. The predicted molar refractivity (Wildman–Crippen MR) is 65.7 cm³/mol. The van der Waals surface area contributed by atoms with Crippen molar-refractivity contribution in [2.24, 2.45) is 0 Å². The highest BCUT2D eigenvalue weighted by atomic mass is 32.2. The van der Waals surface area contributed by atoms with Crippen LogP contribution in [0.15, 0.2) is 24.3 Å². The summed E-state index contributed by atoms with van der Waals surface area (Å²) in [6.07, 6.45) is -0.330. The number of rotatable bonds is 5. The molecule has 1 aromatic carbocycles. The molecule has 1 atom stereocenters. The lowest BCUT2D eigenvalue weighted by molar-refractivity contribution is -0.127. The van der Waals surface area contributed by atoms with Crippen molar-refractivity contribution in [2.75, 3.05) is 20.4 Å². The molecule has 0 saturated carbocycles. The van der Waals surface area contributed by atoms with E-state index in [0.29, 0.717) is 11.3 Å². The maximum absolute atomic E-state index is 11.6. The molecule has 1 aromatic rings. The number of ether oxygens (including phenoxy) is 1. The molecular formula is C11H15NO5S. The van der Waals surface area contributed by atoms with Gasteiger partial charge in [-0.15, -0.1) is 0 Å². The summed E-state index contributed by atoms with van der Waals surface area (Å²) in [7, 11) is -0.866. The second kappa shape index (κ2) is 5.83. The number of carbonyl (C=O) groups is 1. The zero-order chi connectivity index (χ0) is 13.8. The Morgan fingerprint density at radius 2 is 2.06 bits per heavy atom. The summed E-state index contributed by atoms with van der Waals surface area (Å²) in [4.78, 5) is 11.6. The molecule has 0 fully saturated rings. The molecule has 7 heteroatoms. The van der Waals surface area contributed by atoms with Crippen molar-refractivity contribution in [3.63, 3.8) is 0 Å². The van der Waals surface area contributed by atoms with Crippen molar-refractivity contribution in [1.82, 2.24) is 5.32 Å². The number of nitrogens with one attached hydrogen (secondary N) is 1. The van der Waals surface area contributed by atoms with Gasteiger partial charge in [0, 0.05) is 7.05 Å². The minimum Gasteiger partial charge on any atom is -0.497 e. The van der Waals surface area contributed by atoms with E-state index in [-0.39, 0.29) is 0 Å². The first kappa shape index (κ1) is 14.5. The van der Waals surface area contributed by atoms with Gasteiger partial charge in [0.15, 0.2) is 6.10 Å². The average Bonchev–Trinajstić information content (AvgIpc) is 2.34. The fraction of sp³-hybridized carbons (Fsp3) is 0.364. The van der Waals surface area contributed by atoms with Gasteiger partial charge in [0.1, 0.15) is 5.75 Å². The van der Waals surface area contributed by atoms with Gasteiger partial charge in [-0.3, -0.25) is 8.98 Å². The van der Waals surface area contributed by atoms with Crippen molar-refractivity contribution in [3.05, 3.63) is 29.8 Å². The third kappa shape index (κ3) is 4.01. The van der Waals surface area contributed by atoms with E-state index >= 15 is 0 Å². The van der Waals surface area contributed by atoms with Crippen molar-refractivity contribution in [3.8, 4) is 5.75 Å². The first-order valence-corrected chi connectivity index (χ1v) is 6.93. The van der Waals surface area contributed by atoms with Crippen LogP contribution in [0.25, 0.3) is 0 Å². The number of hydrogen-bond acceptors (Lipinski definition) is 5. The Morgan fingerprint density at radius 1 is 1.39 bits per heavy atom. The van der Waals surface area contributed by atoms with Crippen LogP contribution in [0.5, 0.6) is 5.75 Å². The molecule has 0 aromatic heterocycles. The van der Waals surface area contributed by atoms with Crippen LogP contribution in [-0.2, 0) is 19.1 Å². The van der Waals surface area contributed by atoms with Gasteiger partial charge in [-0.25, -0.2) is 0 Å². The predicted octanol–water partition coefficient (Wildman–Crippen LogP) is 0.458. The average molecular weight is 273 g/mol. The highest BCUT2D eigenvalue weighted by molar-refractivity contribution is 7.86. The summed E-state index contributed by atoms with van der Waals surface area (Å²) in [5, 5.41) is 2.35. The number of likely N-dealkylation sites (N-methyl/N-ethyl adjacent to an activating group) is 1. The maximum Gasteiger partial charge on any atom is 0.265 e. The smallest absolute Gasteiger partial charge is 0.265 e. The van der Waals surface area contributed by atoms with Crippen molar-refractivity contribution in [1.29, 1.82) is 0 Å². The molecule has 0 spiro atoms. The van der Waals surface area contributed by atoms with Crippen LogP contribution in [0, 0.1) is 0 Å². The molecule has 18 heavy (non-hydrogen) atoms. The van der Waals surface area contributed by atoms with Crippen molar-refractivity contribution < 1.29 is 22.1 Å². The molecule has 1 rings (SSSR count). The van der Waals surface area contributed by atoms with Crippen LogP contribution in [0.4, 0.5) is 0 Å². The van der Waals surface area contributed by atoms with E-state index in [2.05, 4.69) is 5.32 Å². The lowest BCUT2D eigenvalue weighted by Gasteiger charge is -2.15. The molecule has 0 aliphatic carbocycles. The van der Waals surface area contributed by atoms with Gasteiger partial charge < -0.3 is 10.1 Å². The molecule has 1 amide bonds. The van der Waals surface area contributed by atoms with Gasteiger partial charge in [0.25, 0.3) is 16.0 Å². The van der Waals surface area contributed by atoms with Gasteiger partial charge in [0.2, 0.25) is 0 Å². The van der Waals surface area contributed by atoms with E-state index in [4.69, 9.17) is 8.92 Å². The first-order valence-electron chi connectivity index (χ1n) is 5.11. The van der Waals surface area contributed by atoms with E-state index in [9.17, 15) is 13.2 Å². The van der Waals surface area contributed by atoms with E-state index in [1.807, 2.05) is 0 Å². The number of amides is 1. The monoisotopic (exact) mass is 273 g/mol. The van der Waals surface area contributed by atoms with E-state index < -0.39 is 22.1 Å². The normalized spacial score (nSPS) is 12.8. The standard InChI is InChI=1S/C11H15NO5S/c1-12-11(13)10(17-18(3,14)15)8-5-4-6-9(7-8)16-2/h4-7,10H,1-3H3,(H,12,13). The molecule has 0 radical (unpaired) electrons. The van der Waals surface area contributed by atoms with Gasteiger partial charge in [-0.2, -0.15) is 8.42 Å². The van der Waals surface area contributed by atoms with Crippen LogP contribution in [0.2, 0.25) is 0 Å². The molecule has 0 bridgehead atoms. The molecular weight excluding hydrogens is 258 g/mol. The lowest BCUT2D eigenvalue weighted by Crippen LogP contribution is -2.29. The third-order valence-corrected chi connectivity index (χ3v) is 2.69. The maximum atomic E-state index is 11.6. The van der Waals surface area contributed by atoms with E-state index in [1.54, 1.807) is 24.3 Å². The van der Waals surface area contributed by atoms with Crippen LogP contribution in [0.3, 0.4) is 0 Å². The van der Waals surface area contributed by atoms with Gasteiger partial charge in [-0.1, -0.05) is 12.1 Å². The number of carbonyl (C=O) groups excluding carboxylic acids is 1. The second-order valence-corrected chi connectivity index (χ2v) is 5.17. The minimum atomic E-state index is -3.75. The number of benzene rings is 1. The van der Waals surface area contributed by atoms with Crippen molar-refractivity contribution in [2.45, 2.75) is 6.10 Å². The first-order chi connectivity index (χ1) is 8.37. The molecule has 0 aliphatic rings. The Bertz CT molecular complexity index is 526. The lowest BCUT2D eigenvalue weighted by atomic mass is 10.1. The highest BCUT2D eigenvalue weighted by Gasteiger charge is 2.25. The summed E-state index contributed by atoms with van der Waals surface area (Å²) in [6.45, 7) is 0. The Hall–Kier alpha value is -1.60. The molecule has 1 unspecified atom stereocenters. The van der Waals surface area contributed by atoms with Gasteiger partial charge in [0.05, 0.1) is 13.4 Å². The van der Waals surface area contributed by atoms with Crippen LogP contribution < -0.4 is 10.1 Å². The van der Waals surface area contributed by atoms with Crippen LogP contribution in [0.1, 0.15) is 11.7 Å². The van der Waals surface area contributed by atoms with Gasteiger partial charge in [-0.05, 0) is 17.7 Å². The number of methoxy groups -OCH3 is 1. The quantitative estimate of drug-likeness (QED) is 0.788. The van der Waals surface area contributed by atoms with Crippen molar-refractivity contribution >= 4 is 16.0 Å². The summed E-state index contributed by atoms with van der Waals surface area (Å²) in [6, 6.07) is 6.47. The number of hydrogen-bond donors (Lipinski definition) is 1. The Labute approximate surface area is 106 Å². The Morgan fingerprint density at radius 3 is 2.56 bits per heavy atom. The molecule has 0 aliphatic heterocycles. The fourth-order valence-corrected chi connectivity index (χ4v) is 1.91. The van der Waals surface area contributed by atoms with Crippen LogP contribution >= 0.6 is 0 Å². The Balaban J connectivity index is 3.12. The minimum absolute atomic E-state index is 0.402. The summed E-state index contributed by atoms with van der Waals surface area (Å²) in [5.41, 5.74) is 0.402. The highest BCUT2D eigenvalue weighted by Crippen LogP contribution is 2.23. The summed E-state index contributed by atoms with van der Waals surface area (Å²) >= 11 is 0. The zero-order valence-electron chi connectivity index (χ0n) is 10.3. The SMILES string of the molecule is CNC(=O)C(OS(C)(=O)=O)c1cccc(OC)c1. The molecule has 0 saturated heterocycles. The largest absolute Gasteiger partial charge is 0.497 e. The zero-order valence-corrected chi connectivity index (χ0v) is 11.2. The van der Waals surface area contributed by atoms with Gasteiger partial charge >= 0.3 is 0 Å².